The highest BCUT2D eigenvalue weighted by Crippen LogP contribution is 2.28. The summed E-state index contributed by atoms with van der Waals surface area (Å²) in [6.45, 7) is 5.47. The van der Waals surface area contributed by atoms with Gasteiger partial charge in [-0.2, -0.15) is 0 Å². The number of hydrogen-bond acceptors (Lipinski definition) is 2. The lowest BCUT2D eigenvalue weighted by Gasteiger charge is -2.28. The summed E-state index contributed by atoms with van der Waals surface area (Å²) in [5.41, 5.74) is 7.71. The normalized spacial score (nSPS) is 24.3. The summed E-state index contributed by atoms with van der Waals surface area (Å²) in [4.78, 5) is 2.56. The summed E-state index contributed by atoms with van der Waals surface area (Å²) in [5, 5.41) is 7.65. The summed E-state index contributed by atoms with van der Waals surface area (Å²) in [5.74, 6) is 0.172. The van der Waals surface area contributed by atoms with Gasteiger partial charge in [-0.1, -0.05) is 31.2 Å². The van der Waals surface area contributed by atoms with E-state index in [1.54, 1.807) is 0 Å². The molecule has 0 bridgehead atoms. The Bertz CT molecular complexity index is 428. The number of likely N-dealkylation sites (tertiary alicyclic amines) is 1. The monoisotopic (exact) mass is 245 g/mol. The molecular weight excluding hydrogens is 222 g/mol. The van der Waals surface area contributed by atoms with E-state index in [0.717, 1.165) is 12.1 Å². The van der Waals surface area contributed by atoms with Crippen molar-refractivity contribution in [2.75, 3.05) is 0 Å². The first-order chi connectivity index (χ1) is 8.63. The number of nitrogens with zero attached hydrogens (tertiary/aromatic N) is 1. The molecule has 2 rings (SSSR count). The van der Waals surface area contributed by atoms with Crippen LogP contribution < -0.4 is 5.73 Å². The molecule has 1 heterocycles. The van der Waals surface area contributed by atoms with Crippen LogP contribution in [0.5, 0.6) is 0 Å². The van der Waals surface area contributed by atoms with Gasteiger partial charge in [0, 0.05) is 24.2 Å². The van der Waals surface area contributed by atoms with E-state index in [-0.39, 0.29) is 5.84 Å². The number of hydrogen-bond donors (Lipinski definition) is 2. The highest BCUT2D eigenvalue weighted by atomic mass is 15.2. The molecule has 0 aromatic heterocycles. The topological polar surface area (TPSA) is 53.1 Å². The zero-order valence-electron chi connectivity index (χ0n) is 11.3. The molecule has 3 N–H and O–H groups in total. The maximum absolute atomic E-state index is 7.65. The van der Waals surface area contributed by atoms with Crippen LogP contribution in [0.4, 0.5) is 0 Å². The smallest absolute Gasteiger partial charge is 0.123 e. The van der Waals surface area contributed by atoms with Crippen molar-refractivity contribution in [1.82, 2.24) is 4.90 Å². The number of nitrogens with one attached hydrogen (secondary N) is 1. The van der Waals surface area contributed by atoms with Crippen molar-refractivity contribution in [1.29, 1.82) is 5.41 Å². The summed E-state index contributed by atoms with van der Waals surface area (Å²) >= 11 is 0. The van der Waals surface area contributed by atoms with Crippen LogP contribution in [-0.2, 0) is 6.54 Å². The highest BCUT2D eigenvalue weighted by molar-refractivity contribution is 5.96. The first-order valence-corrected chi connectivity index (χ1v) is 6.81. The molecule has 2 unspecified atom stereocenters. The van der Waals surface area contributed by atoms with Gasteiger partial charge in [-0.25, -0.2) is 0 Å². The van der Waals surface area contributed by atoms with Crippen LogP contribution in [0.25, 0.3) is 0 Å². The Morgan fingerprint density at radius 2 is 2.11 bits per heavy atom. The second-order valence-electron chi connectivity index (χ2n) is 5.23. The predicted molar refractivity (Wildman–Crippen MR) is 75.8 cm³/mol. The van der Waals surface area contributed by atoms with Crippen molar-refractivity contribution >= 4 is 5.84 Å². The van der Waals surface area contributed by atoms with Crippen LogP contribution in [-0.4, -0.2) is 22.8 Å². The van der Waals surface area contributed by atoms with Gasteiger partial charge in [0.2, 0.25) is 0 Å². The Morgan fingerprint density at radius 1 is 1.39 bits per heavy atom. The first-order valence-electron chi connectivity index (χ1n) is 6.81. The van der Waals surface area contributed by atoms with Gasteiger partial charge in [0.05, 0.1) is 0 Å². The highest BCUT2D eigenvalue weighted by Gasteiger charge is 2.29. The van der Waals surface area contributed by atoms with Gasteiger partial charge in [0.15, 0.2) is 0 Å². The minimum Gasteiger partial charge on any atom is -0.384 e. The van der Waals surface area contributed by atoms with E-state index in [1.807, 2.05) is 18.2 Å². The number of amidine groups is 1. The fourth-order valence-corrected chi connectivity index (χ4v) is 2.97. The Kier molecular flexibility index (Phi) is 4.02. The largest absolute Gasteiger partial charge is 0.384 e. The third-order valence-corrected chi connectivity index (χ3v) is 4.08. The fourth-order valence-electron chi connectivity index (χ4n) is 2.97. The van der Waals surface area contributed by atoms with Crippen molar-refractivity contribution in [2.45, 2.75) is 51.7 Å². The van der Waals surface area contributed by atoms with Gasteiger partial charge in [-0.05, 0) is 31.7 Å². The minimum absolute atomic E-state index is 0.172. The Hall–Kier alpha value is -1.35. The van der Waals surface area contributed by atoms with E-state index < -0.39 is 0 Å². The lowest BCUT2D eigenvalue weighted by atomic mass is 10.1. The van der Waals surface area contributed by atoms with Crippen LogP contribution in [0.1, 0.15) is 44.2 Å². The minimum atomic E-state index is 0.172. The molecule has 3 nitrogen and oxygen atoms in total. The molecule has 1 aromatic carbocycles. The lowest BCUT2D eigenvalue weighted by Crippen LogP contribution is -2.34. The summed E-state index contributed by atoms with van der Waals surface area (Å²) in [6, 6.07) is 9.33. The van der Waals surface area contributed by atoms with Crippen LogP contribution >= 0.6 is 0 Å². The summed E-state index contributed by atoms with van der Waals surface area (Å²) < 4.78 is 0. The van der Waals surface area contributed by atoms with Crippen molar-refractivity contribution < 1.29 is 0 Å². The number of benzene rings is 1. The third kappa shape index (κ3) is 2.56. The van der Waals surface area contributed by atoms with Gasteiger partial charge < -0.3 is 5.73 Å². The molecule has 1 saturated heterocycles. The molecule has 0 amide bonds. The van der Waals surface area contributed by atoms with Crippen LogP contribution in [0, 0.1) is 5.41 Å². The molecule has 0 spiro atoms. The van der Waals surface area contributed by atoms with Gasteiger partial charge in [-0.15, -0.1) is 0 Å². The van der Waals surface area contributed by atoms with Crippen molar-refractivity contribution in [3.8, 4) is 0 Å². The van der Waals surface area contributed by atoms with Crippen LogP contribution in [0.3, 0.4) is 0 Å². The molecule has 1 aliphatic rings. The van der Waals surface area contributed by atoms with Crippen LogP contribution in [0.2, 0.25) is 0 Å². The summed E-state index contributed by atoms with van der Waals surface area (Å²) in [6.07, 6.45) is 3.77. The molecular formula is C15H23N3. The van der Waals surface area contributed by atoms with E-state index in [1.165, 1.54) is 24.8 Å². The molecule has 0 aliphatic carbocycles. The molecule has 1 fully saturated rings. The lowest BCUT2D eigenvalue weighted by molar-refractivity contribution is 0.189. The second-order valence-corrected chi connectivity index (χ2v) is 5.23. The maximum Gasteiger partial charge on any atom is 0.123 e. The molecule has 0 radical (unpaired) electrons. The van der Waals surface area contributed by atoms with E-state index >= 15 is 0 Å². The fraction of sp³-hybridized carbons (Fsp3) is 0.533. The average Bonchev–Trinajstić information content (AvgIpc) is 2.71. The molecule has 2 atom stereocenters. The van der Waals surface area contributed by atoms with Crippen molar-refractivity contribution in [3.63, 3.8) is 0 Å². The Morgan fingerprint density at radius 3 is 2.78 bits per heavy atom. The number of rotatable bonds is 4. The van der Waals surface area contributed by atoms with E-state index in [9.17, 15) is 0 Å². The molecule has 1 aliphatic heterocycles. The standard InChI is InChI=1S/C15H23N3/c1-3-13-9-8-11(2)18(13)10-12-6-4-5-7-14(12)15(16)17/h4-7,11,13H,3,8-10H2,1-2H3,(H3,16,17). The molecule has 98 valence electrons. The van der Waals surface area contributed by atoms with E-state index in [4.69, 9.17) is 11.1 Å². The quantitative estimate of drug-likeness (QED) is 0.633. The average molecular weight is 245 g/mol. The zero-order valence-corrected chi connectivity index (χ0v) is 11.3. The first kappa shape index (κ1) is 13.1. The maximum atomic E-state index is 7.65. The molecule has 1 aromatic rings. The Labute approximate surface area is 109 Å². The summed E-state index contributed by atoms with van der Waals surface area (Å²) in [7, 11) is 0. The Balaban J connectivity index is 2.20. The third-order valence-electron chi connectivity index (χ3n) is 4.08. The molecule has 0 saturated carbocycles. The van der Waals surface area contributed by atoms with Crippen molar-refractivity contribution in [3.05, 3.63) is 35.4 Å². The molecule has 18 heavy (non-hydrogen) atoms. The number of nitrogen functional groups attached to an aromatic ring is 1. The molecule has 3 heteroatoms. The van der Waals surface area contributed by atoms with Crippen molar-refractivity contribution in [2.24, 2.45) is 5.73 Å². The van der Waals surface area contributed by atoms with Gasteiger partial charge >= 0.3 is 0 Å². The zero-order chi connectivity index (χ0) is 13.1. The van der Waals surface area contributed by atoms with Gasteiger partial charge in [0.25, 0.3) is 0 Å². The van der Waals surface area contributed by atoms with Crippen LogP contribution in [0.15, 0.2) is 24.3 Å². The SMILES string of the molecule is CCC1CCC(C)N1Cc1ccccc1C(=N)N. The second kappa shape index (κ2) is 5.53. The van der Waals surface area contributed by atoms with E-state index in [2.05, 4.69) is 24.8 Å². The predicted octanol–water partition coefficient (Wildman–Crippen LogP) is 2.73. The van der Waals surface area contributed by atoms with Gasteiger partial charge in [-0.3, -0.25) is 10.3 Å². The van der Waals surface area contributed by atoms with Gasteiger partial charge in [0.1, 0.15) is 5.84 Å². The number of nitrogens with two attached hydrogens (primary N) is 1. The van der Waals surface area contributed by atoms with E-state index in [0.29, 0.717) is 12.1 Å².